The monoisotopic (exact) mass is 375 g/mol. The summed E-state index contributed by atoms with van der Waals surface area (Å²) in [6.07, 6.45) is 0. The lowest BCUT2D eigenvalue weighted by Crippen LogP contribution is -2.53. The SMILES string of the molecule is COC(=O)C1COCCN1C(=O)c1ccccc1I. The third-order valence-electron chi connectivity index (χ3n) is 2.97. The van der Waals surface area contributed by atoms with Crippen molar-refractivity contribution in [1.29, 1.82) is 0 Å². The minimum absolute atomic E-state index is 0.163. The standard InChI is InChI=1S/C13H14INO4/c1-18-13(17)11-8-19-7-6-15(11)12(16)9-4-2-3-5-10(9)14/h2-5,11H,6-8H2,1H3. The van der Waals surface area contributed by atoms with Crippen LogP contribution in [0.1, 0.15) is 10.4 Å². The Morgan fingerprint density at radius 2 is 2.16 bits per heavy atom. The molecule has 102 valence electrons. The number of carbonyl (C=O) groups is 2. The molecule has 1 aromatic rings. The van der Waals surface area contributed by atoms with Gasteiger partial charge in [0.05, 0.1) is 25.9 Å². The van der Waals surface area contributed by atoms with E-state index >= 15 is 0 Å². The molecule has 0 saturated carbocycles. The van der Waals surface area contributed by atoms with E-state index in [0.29, 0.717) is 18.7 Å². The van der Waals surface area contributed by atoms with Crippen LogP contribution in [-0.2, 0) is 14.3 Å². The Kier molecular flexibility index (Phi) is 4.76. The zero-order valence-electron chi connectivity index (χ0n) is 10.5. The molecule has 5 nitrogen and oxygen atoms in total. The van der Waals surface area contributed by atoms with Gasteiger partial charge < -0.3 is 14.4 Å². The predicted octanol–water partition coefficient (Wildman–Crippen LogP) is 1.31. The maximum absolute atomic E-state index is 12.5. The predicted molar refractivity (Wildman–Crippen MR) is 76.8 cm³/mol. The summed E-state index contributed by atoms with van der Waals surface area (Å²) < 4.78 is 10.8. The van der Waals surface area contributed by atoms with Crippen molar-refractivity contribution in [3.8, 4) is 0 Å². The fraction of sp³-hybridized carbons (Fsp3) is 0.385. The number of hydrogen-bond donors (Lipinski definition) is 0. The van der Waals surface area contributed by atoms with Gasteiger partial charge in [-0.3, -0.25) is 4.79 Å². The van der Waals surface area contributed by atoms with Gasteiger partial charge in [-0.2, -0.15) is 0 Å². The first-order valence-electron chi connectivity index (χ1n) is 5.86. The first kappa shape index (κ1) is 14.3. The van der Waals surface area contributed by atoms with Crippen LogP contribution in [-0.4, -0.2) is 49.7 Å². The van der Waals surface area contributed by atoms with E-state index in [0.717, 1.165) is 3.57 Å². The molecule has 0 spiro atoms. The molecule has 0 aromatic heterocycles. The highest BCUT2D eigenvalue weighted by Crippen LogP contribution is 2.18. The van der Waals surface area contributed by atoms with Crippen molar-refractivity contribution in [1.82, 2.24) is 4.90 Å². The molecular formula is C13H14INO4. The average Bonchev–Trinajstić information content (AvgIpc) is 2.46. The highest BCUT2D eigenvalue weighted by molar-refractivity contribution is 14.1. The van der Waals surface area contributed by atoms with Crippen LogP contribution in [0.4, 0.5) is 0 Å². The van der Waals surface area contributed by atoms with Crippen molar-refractivity contribution in [2.45, 2.75) is 6.04 Å². The number of carbonyl (C=O) groups excluding carboxylic acids is 2. The maximum Gasteiger partial charge on any atom is 0.331 e. The molecule has 1 saturated heterocycles. The van der Waals surface area contributed by atoms with Gasteiger partial charge in [0, 0.05) is 10.1 Å². The second kappa shape index (κ2) is 6.33. The van der Waals surface area contributed by atoms with Crippen LogP contribution in [0.25, 0.3) is 0 Å². The Balaban J connectivity index is 2.25. The molecule has 2 rings (SSSR count). The number of ether oxygens (including phenoxy) is 2. The number of hydrogen-bond acceptors (Lipinski definition) is 4. The molecule has 1 fully saturated rings. The average molecular weight is 375 g/mol. The second-order valence-electron chi connectivity index (χ2n) is 4.09. The van der Waals surface area contributed by atoms with E-state index in [9.17, 15) is 9.59 Å². The minimum Gasteiger partial charge on any atom is -0.467 e. The van der Waals surface area contributed by atoms with Crippen molar-refractivity contribution in [3.63, 3.8) is 0 Å². The summed E-state index contributed by atoms with van der Waals surface area (Å²) >= 11 is 2.11. The molecule has 1 aliphatic heterocycles. The lowest BCUT2D eigenvalue weighted by atomic mass is 10.1. The summed E-state index contributed by atoms with van der Waals surface area (Å²) in [4.78, 5) is 25.7. The van der Waals surface area contributed by atoms with Gasteiger partial charge in [-0.1, -0.05) is 12.1 Å². The molecule has 0 aliphatic carbocycles. The quantitative estimate of drug-likeness (QED) is 0.578. The van der Waals surface area contributed by atoms with Crippen molar-refractivity contribution < 1.29 is 19.1 Å². The number of nitrogens with zero attached hydrogens (tertiary/aromatic N) is 1. The molecule has 1 amide bonds. The van der Waals surface area contributed by atoms with Gasteiger partial charge in [-0.05, 0) is 34.7 Å². The van der Waals surface area contributed by atoms with Gasteiger partial charge in [0.15, 0.2) is 6.04 Å². The lowest BCUT2D eigenvalue weighted by Gasteiger charge is -2.33. The van der Waals surface area contributed by atoms with Crippen LogP contribution in [0.5, 0.6) is 0 Å². The molecule has 19 heavy (non-hydrogen) atoms. The van der Waals surface area contributed by atoms with Crippen LogP contribution in [0.15, 0.2) is 24.3 Å². The van der Waals surface area contributed by atoms with Crippen molar-refractivity contribution in [2.75, 3.05) is 26.9 Å². The van der Waals surface area contributed by atoms with E-state index in [2.05, 4.69) is 22.6 Å². The maximum atomic E-state index is 12.5. The van der Waals surface area contributed by atoms with Gasteiger partial charge >= 0.3 is 5.97 Å². The lowest BCUT2D eigenvalue weighted by molar-refractivity contribution is -0.151. The normalized spacial score (nSPS) is 19.1. The summed E-state index contributed by atoms with van der Waals surface area (Å²) in [5.74, 6) is -0.609. The number of benzene rings is 1. The van der Waals surface area contributed by atoms with E-state index < -0.39 is 12.0 Å². The fourth-order valence-corrected chi connectivity index (χ4v) is 2.59. The molecule has 1 aliphatic rings. The smallest absolute Gasteiger partial charge is 0.331 e. The molecule has 6 heteroatoms. The summed E-state index contributed by atoms with van der Waals surface area (Å²) in [6.45, 7) is 1.01. The molecule has 0 N–H and O–H groups in total. The van der Waals surface area contributed by atoms with E-state index in [4.69, 9.17) is 9.47 Å². The Morgan fingerprint density at radius 3 is 2.84 bits per heavy atom. The third-order valence-corrected chi connectivity index (χ3v) is 3.91. The zero-order chi connectivity index (χ0) is 13.8. The molecule has 0 radical (unpaired) electrons. The van der Waals surface area contributed by atoms with Crippen LogP contribution in [0, 0.1) is 3.57 Å². The second-order valence-corrected chi connectivity index (χ2v) is 5.25. The third kappa shape index (κ3) is 3.06. The fourth-order valence-electron chi connectivity index (χ4n) is 1.97. The highest BCUT2D eigenvalue weighted by atomic mass is 127. The van der Waals surface area contributed by atoms with Crippen LogP contribution >= 0.6 is 22.6 Å². The number of morpholine rings is 1. The number of rotatable bonds is 2. The van der Waals surface area contributed by atoms with Crippen molar-refractivity contribution >= 4 is 34.5 Å². The molecule has 0 bridgehead atoms. The van der Waals surface area contributed by atoms with Crippen molar-refractivity contribution in [3.05, 3.63) is 33.4 Å². The van der Waals surface area contributed by atoms with E-state index in [1.54, 1.807) is 6.07 Å². The molecule has 1 atom stereocenters. The van der Waals surface area contributed by atoms with Crippen LogP contribution in [0.3, 0.4) is 0 Å². The molecular weight excluding hydrogens is 361 g/mol. The topological polar surface area (TPSA) is 55.8 Å². The van der Waals surface area contributed by atoms with E-state index in [-0.39, 0.29) is 12.5 Å². The van der Waals surface area contributed by atoms with E-state index in [1.807, 2.05) is 18.2 Å². The van der Waals surface area contributed by atoms with Crippen LogP contribution < -0.4 is 0 Å². The van der Waals surface area contributed by atoms with Gasteiger partial charge in [0.2, 0.25) is 0 Å². The Hall–Kier alpha value is -1.15. The Morgan fingerprint density at radius 1 is 1.42 bits per heavy atom. The molecule has 1 unspecified atom stereocenters. The minimum atomic E-state index is -0.665. The van der Waals surface area contributed by atoms with Gasteiger partial charge in [-0.15, -0.1) is 0 Å². The number of halogens is 1. The van der Waals surface area contributed by atoms with Crippen LogP contribution in [0.2, 0.25) is 0 Å². The van der Waals surface area contributed by atoms with Gasteiger partial charge in [0.1, 0.15) is 0 Å². The van der Waals surface area contributed by atoms with Crippen molar-refractivity contribution in [2.24, 2.45) is 0 Å². The Bertz CT molecular complexity index is 491. The van der Waals surface area contributed by atoms with Gasteiger partial charge in [0.25, 0.3) is 5.91 Å². The number of methoxy groups -OCH3 is 1. The number of amides is 1. The first-order valence-corrected chi connectivity index (χ1v) is 6.94. The molecule has 1 heterocycles. The number of esters is 1. The zero-order valence-corrected chi connectivity index (χ0v) is 12.6. The largest absolute Gasteiger partial charge is 0.467 e. The summed E-state index contributed by atoms with van der Waals surface area (Å²) in [5.41, 5.74) is 0.596. The first-order chi connectivity index (χ1) is 9.15. The summed E-state index contributed by atoms with van der Waals surface area (Å²) in [7, 11) is 1.31. The molecule has 1 aromatic carbocycles. The summed E-state index contributed by atoms with van der Waals surface area (Å²) in [6, 6.07) is 6.63. The van der Waals surface area contributed by atoms with E-state index in [1.165, 1.54) is 12.0 Å². The highest BCUT2D eigenvalue weighted by Gasteiger charge is 2.34. The summed E-state index contributed by atoms with van der Waals surface area (Å²) in [5, 5.41) is 0. The Labute approximate surface area is 125 Å². The van der Waals surface area contributed by atoms with Gasteiger partial charge in [-0.25, -0.2) is 4.79 Å².